The van der Waals surface area contributed by atoms with E-state index in [2.05, 4.69) is 10.3 Å². The predicted molar refractivity (Wildman–Crippen MR) is 106 cm³/mol. The number of nitrogens with zero attached hydrogens (tertiary/aromatic N) is 2. The number of nitrogens with one attached hydrogen (secondary N) is 1. The molecule has 3 aromatic rings. The van der Waals surface area contributed by atoms with Gasteiger partial charge in [-0.25, -0.2) is 4.98 Å². The number of aryl methyl sites for hydroxylation is 1. The first-order valence-corrected chi connectivity index (χ1v) is 8.71. The molecule has 0 aliphatic carbocycles. The fourth-order valence-electron chi connectivity index (χ4n) is 2.61. The molecule has 2 aromatic heterocycles. The highest BCUT2D eigenvalue weighted by Crippen LogP contribution is 2.25. The summed E-state index contributed by atoms with van der Waals surface area (Å²) in [5, 5.41) is 2.85. The number of methoxy groups -OCH3 is 1. The molecule has 27 heavy (non-hydrogen) atoms. The molecule has 0 saturated carbocycles. The smallest absolute Gasteiger partial charge is 0.224 e. The van der Waals surface area contributed by atoms with Crippen LogP contribution >= 0.6 is 0 Å². The van der Waals surface area contributed by atoms with Crippen LogP contribution in [0.15, 0.2) is 59.1 Å². The van der Waals surface area contributed by atoms with Crippen molar-refractivity contribution in [3.63, 3.8) is 0 Å². The summed E-state index contributed by atoms with van der Waals surface area (Å²) in [5.74, 6) is 3.12. The number of aromatic nitrogens is 1. The predicted octanol–water partition coefficient (Wildman–Crippen LogP) is 3.99. The van der Waals surface area contributed by atoms with Gasteiger partial charge in [0, 0.05) is 32.5 Å². The average Bonchev–Trinajstić information content (AvgIpc) is 3.16. The van der Waals surface area contributed by atoms with E-state index in [1.165, 1.54) is 0 Å². The molecule has 6 nitrogen and oxygen atoms in total. The van der Waals surface area contributed by atoms with Crippen molar-refractivity contribution in [1.82, 2.24) is 4.98 Å². The van der Waals surface area contributed by atoms with Crippen molar-refractivity contribution < 1.29 is 13.9 Å². The number of carbonyl (C=O) groups is 1. The molecule has 3 rings (SSSR count). The van der Waals surface area contributed by atoms with Crippen LogP contribution in [0.4, 0.5) is 11.5 Å². The second-order valence-corrected chi connectivity index (χ2v) is 6.34. The second kappa shape index (κ2) is 8.40. The molecule has 1 amide bonds. The Hall–Kier alpha value is -3.28. The number of furan rings is 1. The Morgan fingerprint density at radius 2 is 1.89 bits per heavy atom. The summed E-state index contributed by atoms with van der Waals surface area (Å²) < 4.78 is 11.0. The Morgan fingerprint density at radius 3 is 2.52 bits per heavy atom. The summed E-state index contributed by atoms with van der Waals surface area (Å²) in [6.45, 7) is 0. The summed E-state index contributed by atoms with van der Waals surface area (Å²) >= 11 is 0. The first kappa shape index (κ1) is 18.5. The molecule has 0 radical (unpaired) electrons. The van der Waals surface area contributed by atoms with Crippen LogP contribution in [0.2, 0.25) is 0 Å². The van der Waals surface area contributed by atoms with Crippen molar-refractivity contribution >= 4 is 17.4 Å². The number of amides is 1. The zero-order valence-corrected chi connectivity index (χ0v) is 15.7. The van der Waals surface area contributed by atoms with Crippen molar-refractivity contribution in [2.45, 2.75) is 12.8 Å². The molecule has 0 bridgehead atoms. The molecule has 0 aliphatic heterocycles. The second-order valence-electron chi connectivity index (χ2n) is 6.34. The summed E-state index contributed by atoms with van der Waals surface area (Å²) in [4.78, 5) is 18.3. The molecular weight excluding hydrogens is 342 g/mol. The number of rotatable bonds is 7. The van der Waals surface area contributed by atoms with E-state index in [-0.39, 0.29) is 5.91 Å². The van der Waals surface area contributed by atoms with E-state index in [4.69, 9.17) is 9.15 Å². The maximum atomic E-state index is 12.1. The molecule has 0 atom stereocenters. The summed E-state index contributed by atoms with van der Waals surface area (Å²) in [5.41, 5.74) is 1.66. The van der Waals surface area contributed by atoms with Gasteiger partial charge in [0.05, 0.1) is 19.0 Å². The lowest BCUT2D eigenvalue weighted by atomic mass is 10.2. The van der Waals surface area contributed by atoms with Gasteiger partial charge in [-0.1, -0.05) is 0 Å². The van der Waals surface area contributed by atoms with E-state index in [9.17, 15) is 4.79 Å². The largest absolute Gasteiger partial charge is 0.497 e. The van der Waals surface area contributed by atoms with Gasteiger partial charge in [-0.05, 0) is 48.5 Å². The Balaban J connectivity index is 1.53. The Kier molecular flexibility index (Phi) is 5.76. The van der Waals surface area contributed by atoms with Crippen molar-refractivity contribution in [3.05, 3.63) is 60.5 Å². The van der Waals surface area contributed by atoms with E-state index in [0.717, 1.165) is 28.7 Å². The molecule has 140 valence electrons. The van der Waals surface area contributed by atoms with E-state index in [1.54, 1.807) is 13.3 Å². The van der Waals surface area contributed by atoms with Crippen molar-refractivity contribution in [2.75, 3.05) is 31.4 Å². The molecular formula is C21H23N3O3. The zero-order valence-electron chi connectivity index (χ0n) is 15.7. The van der Waals surface area contributed by atoms with Crippen LogP contribution in [-0.4, -0.2) is 32.1 Å². The third-order valence-corrected chi connectivity index (χ3v) is 4.12. The minimum atomic E-state index is -0.0724. The first-order chi connectivity index (χ1) is 13.0. The van der Waals surface area contributed by atoms with E-state index >= 15 is 0 Å². The number of hydrogen-bond donors (Lipinski definition) is 1. The number of pyridine rings is 1. The molecule has 2 heterocycles. The van der Waals surface area contributed by atoms with Gasteiger partial charge in [0.2, 0.25) is 5.91 Å². The van der Waals surface area contributed by atoms with Gasteiger partial charge in [-0.2, -0.15) is 0 Å². The minimum absolute atomic E-state index is 0.0724. The molecule has 1 N–H and O–H groups in total. The molecule has 0 fully saturated rings. The number of carbonyl (C=O) groups excluding carboxylic acids is 1. The summed E-state index contributed by atoms with van der Waals surface area (Å²) in [6.07, 6.45) is 2.53. The van der Waals surface area contributed by atoms with Gasteiger partial charge in [-0.3, -0.25) is 4.79 Å². The van der Waals surface area contributed by atoms with Crippen LogP contribution in [0.1, 0.15) is 12.2 Å². The molecule has 0 unspecified atom stereocenters. The summed E-state index contributed by atoms with van der Waals surface area (Å²) in [6, 6.07) is 15.2. The third-order valence-electron chi connectivity index (χ3n) is 4.12. The topological polar surface area (TPSA) is 67.6 Å². The van der Waals surface area contributed by atoms with E-state index in [1.807, 2.05) is 67.5 Å². The fourth-order valence-corrected chi connectivity index (χ4v) is 2.61. The zero-order chi connectivity index (χ0) is 19.2. The fraction of sp³-hybridized carbons (Fsp3) is 0.238. The molecule has 0 aliphatic rings. The highest BCUT2D eigenvalue weighted by molar-refractivity contribution is 5.90. The van der Waals surface area contributed by atoms with E-state index < -0.39 is 0 Å². The lowest BCUT2D eigenvalue weighted by molar-refractivity contribution is -0.116. The van der Waals surface area contributed by atoms with Crippen molar-refractivity contribution in [1.29, 1.82) is 0 Å². The molecule has 0 spiro atoms. The SMILES string of the molecule is COc1ccc(-c2ccc(CCC(=O)Nc3ccc(N(C)C)nc3)o2)cc1. The van der Waals surface area contributed by atoms with E-state index in [0.29, 0.717) is 18.5 Å². The highest BCUT2D eigenvalue weighted by Gasteiger charge is 2.09. The molecule has 1 aromatic carbocycles. The highest BCUT2D eigenvalue weighted by atomic mass is 16.5. The molecule has 6 heteroatoms. The van der Waals surface area contributed by atoms with Crippen molar-refractivity contribution in [3.8, 4) is 17.1 Å². The quantitative estimate of drug-likeness (QED) is 0.686. The molecule has 0 saturated heterocycles. The van der Waals surface area contributed by atoms with Crippen LogP contribution in [-0.2, 0) is 11.2 Å². The first-order valence-electron chi connectivity index (χ1n) is 8.71. The number of benzene rings is 1. The Morgan fingerprint density at radius 1 is 1.11 bits per heavy atom. The van der Waals surface area contributed by atoms with Crippen LogP contribution in [0.3, 0.4) is 0 Å². The number of hydrogen-bond acceptors (Lipinski definition) is 5. The Bertz CT molecular complexity index is 884. The van der Waals surface area contributed by atoms with Gasteiger partial charge < -0.3 is 19.4 Å². The van der Waals surface area contributed by atoms with Crippen LogP contribution in [0.25, 0.3) is 11.3 Å². The van der Waals surface area contributed by atoms with Gasteiger partial charge >= 0.3 is 0 Å². The van der Waals surface area contributed by atoms with Crippen LogP contribution < -0.4 is 15.0 Å². The average molecular weight is 365 g/mol. The lowest BCUT2D eigenvalue weighted by Crippen LogP contribution is -2.14. The summed E-state index contributed by atoms with van der Waals surface area (Å²) in [7, 11) is 5.48. The maximum absolute atomic E-state index is 12.1. The van der Waals surface area contributed by atoms with Gasteiger partial charge in [0.1, 0.15) is 23.1 Å². The van der Waals surface area contributed by atoms with Crippen LogP contribution in [0, 0.1) is 0 Å². The van der Waals surface area contributed by atoms with Gasteiger partial charge in [0.15, 0.2) is 0 Å². The van der Waals surface area contributed by atoms with Crippen molar-refractivity contribution in [2.24, 2.45) is 0 Å². The maximum Gasteiger partial charge on any atom is 0.224 e. The Labute approximate surface area is 158 Å². The normalized spacial score (nSPS) is 10.5. The minimum Gasteiger partial charge on any atom is -0.497 e. The number of anilines is 2. The lowest BCUT2D eigenvalue weighted by Gasteiger charge is -2.11. The van der Waals surface area contributed by atoms with Gasteiger partial charge in [0.25, 0.3) is 0 Å². The van der Waals surface area contributed by atoms with Gasteiger partial charge in [-0.15, -0.1) is 0 Å². The third kappa shape index (κ3) is 4.88. The number of ether oxygens (including phenoxy) is 1. The standard InChI is InChI=1S/C21H23N3O3/c1-24(2)20-12-6-16(14-22-20)23-21(25)13-10-18-9-11-19(27-18)15-4-7-17(26-3)8-5-15/h4-9,11-12,14H,10,13H2,1-3H3,(H,23,25). The van der Waals surface area contributed by atoms with Crippen LogP contribution in [0.5, 0.6) is 5.75 Å². The monoisotopic (exact) mass is 365 g/mol.